The van der Waals surface area contributed by atoms with Crippen LogP contribution in [0.3, 0.4) is 0 Å². The largest absolute Gasteiger partial charge is 0.272 e. The highest BCUT2D eigenvalue weighted by Crippen LogP contribution is 2.19. The van der Waals surface area contributed by atoms with E-state index in [1.165, 1.54) is 6.07 Å². The van der Waals surface area contributed by atoms with Gasteiger partial charge in [0.1, 0.15) is 0 Å². The molecule has 0 saturated carbocycles. The van der Waals surface area contributed by atoms with E-state index in [2.05, 4.69) is 10.0 Å². The maximum atomic E-state index is 10.6. The van der Waals surface area contributed by atoms with Crippen molar-refractivity contribution in [3.05, 3.63) is 56.0 Å². The summed E-state index contributed by atoms with van der Waals surface area (Å²) in [7, 11) is 0. The van der Waals surface area contributed by atoms with Gasteiger partial charge in [0.25, 0.3) is 5.69 Å². The minimum Gasteiger partial charge on any atom is -0.258 e. The predicted molar refractivity (Wildman–Crippen MR) is 65.5 cm³/mol. The van der Waals surface area contributed by atoms with Crippen LogP contribution in [0.4, 0.5) is 5.69 Å². The lowest BCUT2D eigenvalue weighted by molar-refractivity contribution is -0.385. The summed E-state index contributed by atoms with van der Waals surface area (Å²) < 4.78 is 0. The van der Waals surface area contributed by atoms with Crippen LogP contribution in [0, 0.1) is 17.0 Å². The molecule has 1 aromatic rings. The maximum Gasteiger partial charge on any atom is 0.272 e. The molecule has 0 fully saturated rings. The Hall–Kier alpha value is -2.33. The van der Waals surface area contributed by atoms with E-state index in [0.29, 0.717) is 18.5 Å². The summed E-state index contributed by atoms with van der Waals surface area (Å²) in [6, 6.07) is 4.93. The van der Waals surface area contributed by atoms with Crippen molar-refractivity contribution in [1.82, 2.24) is 0 Å². The molecule has 1 aromatic carbocycles. The van der Waals surface area contributed by atoms with Crippen molar-refractivity contribution < 1.29 is 4.92 Å². The molecule has 6 heteroatoms. The summed E-state index contributed by atoms with van der Waals surface area (Å²) in [5.41, 5.74) is 9.72. The third kappa shape index (κ3) is 3.96. The molecule has 0 heterocycles. The van der Waals surface area contributed by atoms with Crippen LogP contribution in [0.25, 0.3) is 16.5 Å². The first-order chi connectivity index (χ1) is 8.15. The Morgan fingerprint density at radius 2 is 2.35 bits per heavy atom. The van der Waals surface area contributed by atoms with Crippen LogP contribution in [-0.2, 0) is 0 Å². The van der Waals surface area contributed by atoms with Crippen LogP contribution in [-0.4, -0.2) is 11.5 Å². The lowest BCUT2D eigenvalue weighted by Gasteiger charge is -1.98. The summed E-state index contributed by atoms with van der Waals surface area (Å²) in [4.78, 5) is 12.8. The number of nitrogens with zero attached hydrogens (tertiary/aromatic N) is 4. The average molecular weight is 232 g/mol. The molecule has 1 rings (SSSR count). The Balaban J connectivity index is 2.70. The van der Waals surface area contributed by atoms with Crippen molar-refractivity contribution in [1.29, 1.82) is 0 Å². The Kier molecular flexibility index (Phi) is 4.72. The first-order valence-corrected chi connectivity index (χ1v) is 5.07. The van der Waals surface area contributed by atoms with Gasteiger partial charge >= 0.3 is 0 Å². The molecule has 0 spiro atoms. The number of azide groups is 1. The molecule has 0 aliphatic carbocycles. The summed E-state index contributed by atoms with van der Waals surface area (Å²) >= 11 is 0. The van der Waals surface area contributed by atoms with Crippen molar-refractivity contribution in [3.8, 4) is 0 Å². The molecule has 0 saturated heterocycles. The standard InChI is InChI=1S/C11H12N4O2/c1-9-8-10(4-2-3-7-13-14-12)5-6-11(9)15(16)17/h2,4-6,8H,3,7H2,1H3. The predicted octanol–water partition coefficient (Wildman–Crippen LogP) is 3.62. The van der Waals surface area contributed by atoms with Crippen molar-refractivity contribution in [3.63, 3.8) is 0 Å². The maximum absolute atomic E-state index is 10.6. The van der Waals surface area contributed by atoms with Crippen LogP contribution >= 0.6 is 0 Å². The smallest absolute Gasteiger partial charge is 0.258 e. The van der Waals surface area contributed by atoms with E-state index in [9.17, 15) is 10.1 Å². The molecule has 0 aromatic heterocycles. The van der Waals surface area contributed by atoms with E-state index in [-0.39, 0.29) is 5.69 Å². The molecule has 0 amide bonds. The Labute approximate surface area is 98.4 Å². The Morgan fingerprint density at radius 1 is 1.59 bits per heavy atom. The molecule has 0 aliphatic heterocycles. The molecule has 0 aliphatic rings. The fourth-order valence-electron chi connectivity index (χ4n) is 1.38. The van der Waals surface area contributed by atoms with Gasteiger partial charge in [-0.15, -0.1) is 0 Å². The van der Waals surface area contributed by atoms with Crippen molar-refractivity contribution in [2.75, 3.05) is 6.54 Å². The van der Waals surface area contributed by atoms with Crippen LogP contribution in [0.1, 0.15) is 17.5 Å². The molecule has 17 heavy (non-hydrogen) atoms. The molecule has 88 valence electrons. The summed E-state index contributed by atoms with van der Waals surface area (Å²) in [6.07, 6.45) is 4.37. The number of nitro benzene ring substituents is 1. The SMILES string of the molecule is Cc1cc(C=CCCN=[N+]=[N-])ccc1[N+](=O)[O-]. The van der Waals surface area contributed by atoms with Gasteiger partial charge < -0.3 is 0 Å². The normalized spacial score (nSPS) is 10.2. The topological polar surface area (TPSA) is 91.9 Å². The molecule has 6 nitrogen and oxygen atoms in total. The van der Waals surface area contributed by atoms with E-state index in [1.54, 1.807) is 19.1 Å². The third-order valence-corrected chi connectivity index (χ3v) is 2.19. The molecule has 0 atom stereocenters. The van der Waals surface area contributed by atoms with Gasteiger partial charge in [-0.25, -0.2) is 0 Å². The molecular formula is C11H12N4O2. The van der Waals surface area contributed by atoms with Gasteiger partial charge in [-0.2, -0.15) is 0 Å². The molecule has 0 N–H and O–H groups in total. The first-order valence-electron chi connectivity index (χ1n) is 5.07. The summed E-state index contributed by atoms with van der Waals surface area (Å²) in [5.74, 6) is 0. The second-order valence-corrected chi connectivity index (χ2v) is 3.45. The minimum absolute atomic E-state index is 0.122. The molecular weight excluding hydrogens is 220 g/mol. The number of hydrogen-bond donors (Lipinski definition) is 0. The van der Waals surface area contributed by atoms with Gasteiger partial charge in [-0.1, -0.05) is 17.3 Å². The minimum atomic E-state index is -0.398. The van der Waals surface area contributed by atoms with Crippen molar-refractivity contribution in [2.45, 2.75) is 13.3 Å². The Morgan fingerprint density at radius 3 is 2.94 bits per heavy atom. The number of hydrogen-bond acceptors (Lipinski definition) is 3. The van der Waals surface area contributed by atoms with E-state index < -0.39 is 4.92 Å². The lowest BCUT2D eigenvalue weighted by atomic mass is 10.1. The van der Waals surface area contributed by atoms with E-state index in [0.717, 1.165) is 5.56 Å². The van der Waals surface area contributed by atoms with Crippen LogP contribution < -0.4 is 0 Å². The monoisotopic (exact) mass is 232 g/mol. The van der Waals surface area contributed by atoms with Gasteiger partial charge in [0, 0.05) is 23.1 Å². The van der Waals surface area contributed by atoms with Gasteiger partial charge in [0.2, 0.25) is 0 Å². The van der Waals surface area contributed by atoms with Gasteiger partial charge in [0.15, 0.2) is 0 Å². The lowest BCUT2D eigenvalue weighted by Crippen LogP contribution is -1.91. The van der Waals surface area contributed by atoms with E-state index in [4.69, 9.17) is 5.53 Å². The number of benzene rings is 1. The third-order valence-electron chi connectivity index (χ3n) is 2.19. The van der Waals surface area contributed by atoms with E-state index in [1.807, 2.05) is 12.2 Å². The van der Waals surface area contributed by atoms with Crippen molar-refractivity contribution in [2.24, 2.45) is 5.11 Å². The first kappa shape index (κ1) is 12.7. The summed E-state index contributed by atoms with van der Waals surface area (Å²) in [6.45, 7) is 2.12. The highest BCUT2D eigenvalue weighted by Gasteiger charge is 2.08. The molecule has 0 unspecified atom stereocenters. The summed E-state index contributed by atoms with van der Waals surface area (Å²) in [5, 5.41) is 14.0. The van der Waals surface area contributed by atoms with Crippen LogP contribution in [0.15, 0.2) is 29.4 Å². The molecule has 0 radical (unpaired) electrons. The van der Waals surface area contributed by atoms with Gasteiger partial charge in [-0.3, -0.25) is 10.1 Å². The van der Waals surface area contributed by atoms with Crippen LogP contribution in [0.2, 0.25) is 0 Å². The van der Waals surface area contributed by atoms with Gasteiger partial charge in [0.05, 0.1) is 4.92 Å². The number of rotatable bonds is 5. The highest BCUT2D eigenvalue weighted by atomic mass is 16.6. The highest BCUT2D eigenvalue weighted by molar-refractivity contribution is 5.54. The quantitative estimate of drug-likeness (QED) is 0.194. The van der Waals surface area contributed by atoms with Crippen molar-refractivity contribution >= 4 is 11.8 Å². The van der Waals surface area contributed by atoms with Crippen LogP contribution in [0.5, 0.6) is 0 Å². The van der Waals surface area contributed by atoms with E-state index >= 15 is 0 Å². The fraction of sp³-hybridized carbons (Fsp3) is 0.273. The second-order valence-electron chi connectivity index (χ2n) is 3.45. The Bertz CT molecular complexity index is 490. The fourth-order valence-corrected chi connectivity index (χ4v) is 1.38. The zero-order valence-corrected chi connectivity index (χ0v) is 9.41. The van der Waals surface area contributed by atoms with Gasteiger partial charge in [-0.05, 0) is 36.6 Å². The average Bonchev–Trinajstić information content (AvgIpc) is 2.28. The number of aryl methyl sites for hydroxylation is 1. The molecule has 0 bridgehead atoms. The zero-order valence-electron chi connectivity index (χ0n) is 9.41. The second kappa shape index (κ2) is 6.30. The number of nitro groups is 1. The zero-order chi connectivity index (χ0) is 12.7.